The number of thioether (sulfide) groups is 1. The number of ether oxygens (including phenoxy) is 5. The molecule has 7 heteroatoms. The summed E-state index contributed by atoms with van der Waals surface area (Å²) >= 11 is 8.74. The summed E-state index contributed by atoms with van der Waals surface area (Å²) in [5.74, 6) is 0.888. The first kappa shape index (κ1) is 37.2. The molecule has 1 fully saturated rings. The Labute approximate surface area is 277 Å². The number of benzene rings is 2. The topological polar surface area (TPSA) is 46.2 Å². The van der Waals surface area contributed by atoms with Crippen molar-refractivity contribution >= 4 is 23.4 Å². The van der Waals surface area contributed by atoms with E-state index < -0.39 is 0 Å². The van der Waals surface area contributed by atoms with E-state index in [4.69, 9.17) is 35.3 Å². The van der Waals surface area contributed by atoms with E-state index in [2.05, 4.69) is 52.0 Å². The van der Waals surface area contributed by atoms with Gasteiger partial charge in [-0.05, 0) is 73.9 Å². The third-order valence-electron chi connectivity index (χ3n) is 8.01. The van der Waals surface area contributed by atoms with E-state index in [1.165, 1.54) is 11.1 Å². The van der Waals surface area contributed by atoms with Gasteiger partial charge in [0.15, 0.2) is 0 Å². The minimum Gasteiger partial charge on any atom is -0.494 e. The third kappa shape index (κ3) is 11.8. The van der Waals surface area contributed by atoms with Crippen LogP contribution in [0.25, 0.3) is 0 Å². The summed E-state index contributed by atoms with van der Waals surface area (Å²) in [6.07, 6.45) is 8.86. The highest BCUT2D eigenvalue weighted by molar-refractivity contribution is 8.00. The van der Waals surface area contributed by atoms with E-state index in [0.29, 0.717) is 26.4 Å². The van der Waals surface area contributed by atoms with Crippen LogP contribution in [0.5, 0.6) is 5.75 Å². The molecule has 5 nitrogen and oxygen atoms in total. The quantitative estimate of drug-likeness (QED) is 0.118. The summed E-state index contributed by atoms with van der Waals surface area (Å²) in [5.41, 5.74) is 3.53. The molecule has 1 aliphatic rings. The number of hydrogen-bond donors (Lipinski definition) is 0. The summed E-state index contributed by atoms with van der Waals surface area (Å²) in [6.45, 7) is 15.0. The first-order chi connectivity index (χ1) is 21.6. The minimum atomic E-state index is -0.175. The maximum atomic E-state index is 6.81. The lowest BCUT2D eigenvalue weighted by molar-refractivity contribution is -0.149. The van der Waals surface area contributed by atoms with Gasteiger partial charge in [-0.1, -0.05) is 89.2 Å². The molecule has 5 atom stereocenters. The Morgan fingerprint density at radius 2 is 1.27 bits per heavy atom. The van der Waals surface area contributed by atoms with E-state index in [1.807, 2.05) is 36.9 Å². The molecule has 0 bridgehead atoms. The SMILES string of the molecule is CCCCOC[C@H]1S[C@@H](c2ccc(Cl)c(Cc3ccc(OCC)cc3)c2)[C@H](OCCCC)[C@@H](OCCCC)[C@@H]1OCCCC. The van der Waals surface area contributed by atoms with Crippen molar-refractivity contribution in [3.63, 3.8) is 0 Å². The van der Waals surface area contributed by atoms with Crippen molar-refractivity contribution in [1.82, 2.24) is 0 Å². The summed E-state index contributed by atoms with van der Waals surface area (Å²) < 4.78 is 32.1. The van der Waals surface area contributed by atoms with Gasteiger partial charge in [0.25, 0.3) is 0 Å². The van der Waals surface area contributed by atoms with E-state index in [0.717, 1.165) is 87.3 Å². The van der Waals surface area contributed by atoms with Gasteiger partial charge in [-0.15, -0.1) is 11.8 Å². The fourth-order valence-electron chi connectivity index (χ4n) is 5.42. The average Bonchev–Trinajstić information content (AvgIpc) is 3.03. The van der Waals surface area contributed by atoms with Gasteiger partial charge in [0.2, 0.25) is 0 Å². The monoisotopic (exact) mass is 648 g/mol. The Kier molecular flexibility index (Phi) is 18.2. The first-order valence-electron chi connectivity index (χ1n) is 17.1. The second-order valence-corrected chi connectivity index (χ2v) is 13.5. The van der Waals surface area contributed by atoms with Crippen LogP contribution in [0, 0.1) is 0 Å². The fourth-order valence-corrected chi connectivity index (χ4v) is 7.24. The van der Waals surface area contributed by atoms with Gasteiger partial charge in [-0.2, -0.15) is 0 Å². The van der Waals surface area contributed by atoms with Crippen LogP contribution in [-0.4, -0.2) is 63.2 Å². The molecular formula is C37H57ClO5S. The predicted molar refractivity (Wildman–Crippen MR) is 186 cm³/mol. The smallest absolute Gasteiger partial charge is 0.119 e. The lowest BCUT2D eigenvalue weighted by Crippen LogP contribution is -2.55. The zero-order chi connectivity index (χ0) is 31.6. The first-order valence-corrected chi connectivity index (χ1v) is 18.5. The highest BCUT2D eigenvalue weighted by Crippen LogP contribution is 2.47. The van der Waals surface area contributed by atoms with Crippen molar-refractivity contribution < 1.29 is 23.7 Å². The number of unbranched alkanes of at least 4 members (excludes halogenated alkanes) is 4. The van der Waals surface area contributed by atoms with Crippen LogP contribution in [0.4, 0.5) is 0 Å². The molecule has 2 aromatic rings. The highest BCUT2D eigenvalue weighted by atomic mass is 35.5. The van der Waals surface area contributed by atoms with E-state index in [-0.39, 0.29) is 28.8 Å². The van der Waals surface area contributed by atoms with E-state index in [1.54, 1.807) is 0 Å². The summed E-state index contributed by atoms with van der Waals surface area (Å²) in [6, 6.07) is 14.8. The molecule has 44 heavy (non-hydrogen) atoms. The molecule has 0 saturated carbocycles. The van der Waals surface area contributed by atoms with Gasteiger partial charge >= 0.3 is 0 Å². The molecule has 0 aliphatic carbocycles. The highest BCUT2D eigenvalue weighted by Gasteiger charge is 2.48. The van der Waals surface area contributed by atoms with Gasteiger partial charge in [-0.3, -0.25) is 0 Å². The van der Waals surface area contributed by atoms with Crippen molar-refractivity contribution in [3.8, 4) is 5.75 Å². The van der Waals surface area contributed by atoms with Gasteiger partial charge in [0.1, 0.15) is 24.1 Å². The molecule has 2 aromatic carbocycles. The molecule has 1 saturated heterocycles. The van der Waals surface area contributed by atoms with Gasteiger partial charge in [0, 0.05) is 31.5 Å². The molecule has 0 aromatic heterocycles. The largest absolute Gasteiger partial charge is 0.494 e. The van der Waals surface area contributed by atoms with Crippen molar-refractivity contribution in [2.24, 2.45) is 0 Å². The summed E-state index contributed by atoms with van der Waals surface area (Å²) in [7, 11) is 0. The lowest BCUT2D eigenvalue weighted by atomic mass is 9.94. The summed E-state index contributed by atoms with van der Waals surface area (Å²) in [4.78, 5) is 0. The maximum Gasteiger partial charge on any atom is 0.119 e. The number of halogens is 1. The third-order valence-corrected chi connectivity index (χ3v) is 9.97. The van der Waals surface area contributed by atoms with Crippen molar-refractivity contribution in [2.45, 2.75) is 121 Å². The Bertz CT molecular complexity index is 1040. The lowest BCUT2D eigenvalue weighted by Gasteiger charge is -2.46. The van der Waals surface area contributed by atoms with Crippen molar-refractivity contribution in [1.29, 1.82) is 0 Å². The molecule has 0 unspecified atom stereocenters. The van der Waals surface area contributed by atoms with Crippen LogP contribution in [0.1, 0.15) is 108 Å². The van der Waals surface area contributed by atoms with E-state index >= 15 is 0 Å². The zero-order valence-electron chi connectivity index (χ0n) is 27.9. The molecule has 1 heterocycles. The second kappa shape index (κ2) is 21.5. The molecule has 1 aliphatic heterocycles. The molecule has 0 radical (unpaired) electrons. The Morgan fingerprint density at radius 3 is 1.89 bits per heavy atom. The van der Waals surface area contributed by atoms with Crippen LogP contribution in [-0.2, 0) is 25.4 Å². The van der Waals surface area contributed by atoms with Gasteiger partial charge in [0.05, 0.1) is 23.7 Å². The van der Waals surface area contributed by atoms with E-state index in [9.17, 15) is 0 Å². The Morgan fingerprint density at radius 1 is 0.682 bits per heavy atom. The summed E-state index contributed by atoms with van der Waals surface area (Å²) in [5, 5.41) is 0.986. The maximum absolute atomic E-state index is 6.81. The normalized spacial score (nSPS) is 21.9. The average molecular weight is 649 g/mol. The van der Waals surface area contributed by atoms with Crippen LogP contribution in [0.15, 0.2) is 42.5 Å². The standard InChI is InChI=1S/C37H57ClO5S/c1-6-11-21-39-27-33-34(41-22-12-7-2)35(42-23-13-8-3)36(43-24-14-9-4)37(44-33)29-17-20-32(38)30(26-29)25-28-15-18-31(19-16-28)40-10-5/h15-20,26,33-37H,6-14,21-25,27H2,1-5H3/t33-,34-,35+,36-,37+/m1/s1. The second-order valence-electron chi connectivity index (χ2n) is 11.7. The number of hydrogen-bond acceptors (Lipinski definition) is 6. The molecule has 0 spiro atoms. The van der Waals surface area contributed by atoms with Crippen LogP contribution < -0.4 is 4.74 Å². The minimum absolute atomic E-state index is 0.0700. The van der Waals surface area contributed by atoms with Crippen molar-refractivity contribution in [3.05, 3.63) is 64.2 Å². The predicted octanol–water partition coefficient (Wildman–Crippen LogP) is 9.86. The van der Waals surface area contributed by atoms with Gasteiger partial charge < -0.3 is 23.7 Å². The fraction of sp³-hybridized carbons (Fsp3) is 0.676. The molecule has 0 amide bonds. The Balaban J connectivity index is 1.96. The molecule has 3 rings (SSSR count). The molecule has 0 N–H and O–H groups in total. The van der Waals surface area contributed by atoms with Crippen LogP contribution in [0.2, 0.25) is 5.02 Å². The molecule has 248 valence electrons. The van der Waals surface area contributed by atoms with Crippen LogP contribution >= 0.6 is 23.4 Å². The molecular weight excluding hydrogens is 592 g/mol. The Hall–Kier alpha value is -1.28. The van der Waals surface area contributed by atoms with Gasteiger partial charge in [-0.25, -0.2) is 0 Å². The number of rotatable bonds is 22. The van der Waals surface area contributed by atoms with Crippen LogP contribution in [0.3, 0.4) is 0 Å². The zero-order valence-corrected chi connectivity index (χ0v) is 29.4. The van der Waals surface area contributed by atoms with Crippen molar-refractivity contribution in [2.75, 3.05) is 39.6 Å².